The summed E-state index contributed by atoms with van der Waals surface area (Å²) in [7, 11) is 1.61. The van der Waals surface area contributed by atoms with E-state index in [1.165, 1.54) is 0 Å². The van der Waals surface area contributed by atoms with Crippen LogP contribution in [0.4, 0.5) is 4.79 Å². The predicted molar refractivity (Wildman–Crippen MR) is 98.8 cm³/mol. The molecule has 0 spiro atoms. The van der Waals surface area contributed by atoms with Crippen molar-refractivity contribution in [3.05, 3.63) is 29.8 Å². The summed E-state index contributed by atoms with van der Waals surface area (Å²) >= 11 is 0. The van der Waals surface area contributed by atoms with Crippen LogP contribution in [0.2, 0.25) is 0 Å². The fourth-order valence-electron chi connectivity index (χ4n) is 2.40. The molecular weight excluding hydrogens is 320 g/mol. The quantitative estimate of drug-likeness (QED) is 0.713. The zero-order valence-corrected chi connectivity index (χ0v) is 16.0. The normalized spacial score (nSPS) is 12.7. The Hall–Kier alpha value is -1.79. The Labute approximate surface area is 151 Å². The molecular formula is C19H32N2O4. The van der Waals surface area contributed by atoms with Crippen molar-refractivity contribution >= 4 is 6.09 Å². The standard InChI is InChI=1S/C19H32N2O4/c1-6-17(15-7-9-16(22)10-8-15)20-11-12-21(13-14-24-5)18(23)25-19(2,3)4/h7-10,17,20,22H,6,11-14H2,1-5H3. The second kappa shape index (κ2) is 10.3. The van der Waals surface area contributed by atoms with Crippen molar-refractivity contribution in [3.63, 3.8) is 0 Å². The molecule has 1 rings (SSSR count). The smallest absolute Gasteiger partial charge is 0.410 e. The number of aromatic hydroxyl groups is 1. The van der Waals surface area contributed by atoms with Crippen LogP contribution in [-0.4, -0.2) is 55.1 Å². The zero-order valence-electron chi connectivity index (χ0n) is 16.0. The first-order chi connectivity index (χ1) is 11.8. The van der Waals surface area contributed by atoms with Crippen molar-refractivity contribution in [2.24, 2.45) is 0 Å². The number of phenols is 1. The van der Waals surface area contributed by atoms with Crippen LogP contribution in [0.15, 0.2) is 24.3 Å². The van der Waals surface area contributed by atoms with Crippen molar-refractivity contribution in [2.45, 2.75) is 45.8 Å². The van der Waals surface area contributed by atoms with Crippen LogP contribution in [-0.2, 0) is 9.47 Å². The number of benzene rings is 1. The Morgan fingerprint density at radius 3 is 2.40 bits per heavy atom. The Balaban J connectivity index is 2.59. The summed E-state index contributed by atoms with van der Waals surface area (Å²) in [4.78, 5) is 14.0. The summed E-state index contributed by atoms with van der Waals surface area (Å²) in [6, 6.07) is 7.36. The molecule has 1 amide bonds. The molecule has 0 aliphatic heterocycles. The first kappa shape index (κ1) is 21.3. The highest BCUT2D eigenvalue weighted by molar-refractivity contribution is 5.68. The summed E-state index contributed by atoms with van der Waals surface area (Å²) < 4.78 is 10.5. The van der Waals surface area contributed by atoms with Gasteiger partial charge in [-0.1, -0.05) is 19.1 Å². The predicted octanol–water partition coefficient (Wildman–Crippen LogP) is 3.32. The van der Waals surface area contributed by atoms with E-state index in [-0.39, 0.29) is 17.9 Å². The fourth-order valence-corrected chi connectivity index (χ4v) is 2.40. The van der Waals surface area contributed by atoms with Gasteiger partial charge in [-0.15, -0.1) is 0 Å². The lowest BCUT2D eigenvalue weighted by molar-refractivity contribution is 0.0203. The van der Waals surface area contributed by atoms with Crippen molar-refractivity contribution in [1.29, 1.82) is 0 Å². The van der Waals surface area contributed by atoms with Gasteiger partial charge in [0, 0.05) is 32.8 Å². The van der Waals surface area contributed by atoms with E-state index in [0.29, 0.717) is 26.2 Å². The van der Waals surface area contributed by atoms with Crippen LogP contribution in [0.1, 0.15) is 45.7 Å². The van der Waals surface area contributed by atoms with E-state index in [4.69, 9.17) is 9.47 Å². The molecule has 0 heterocycles. The molecule has 25 heavy (non-hydrogen) atoms. The molecule has 0 saturated carbocycles. The Morgan fingerprint density at radius 1 is 1.24 bits per heavy atom. The molecule has 2 N–H and O–H groups in total. The van der Waals surface area contributed by atoms with Gasteiger partial charge < -0.3 is 24.8 Å². The van der Waals surface area contributed by atoms with Crippen LogP contribution in [0.25, 0.3) is 0 Å². The van der Waals surface area contributed by atoms with Gasteiger partial charge in [0.05, 0.1) is 6.61 Å². The number of nitrogens with one attached hydrogen (secondary N) is 1. The largest absolute Gasteiger partial charge is 0.508 e. The highest BCUT2D eigenvalue weighted by Gasteiger charge is 2.22. The highest BCUT2D eigenvalue weighted by atomic mass is 16.6. The number of nitrogens with zero attached hydrogens (tertiary/aromatic N) is 1. The molecule has 0 fully saturated rings. The van der Waals surface area contributed by atoms with Crippen LogP contribution >= 0.6 is 0 Å². The number of phenolic OH excluding ortho intramolecular Hbond substituents is 1. The van der Waals surface area contributed by atoms with E-state index in [0.717, 1.165) is 12.0 Å². The van der Waals surface area contributed by atoms with Crippen LogP contribution in [0.3, 0.4) is 0 Å². The Morgan fingerprint density at radius 2 is 1.88 bits per heavy atom. The number of hydrogen-bond donors (Lipinski definition) is 2. The molecule has 1 aromatic carbocycles. The number of hydrogen-bond acceptors (Lipinski definition) is 5. The van der Waals surface area contributed by atoms with Crippen molar-refractivity contribution in [1.82, 2.24) is 10.2 Å². The van der Waals surface area contributed by atoms with Gasteiger partial charge in [-0.05, 0) is 44.9 Å². The lowest BCUT2D eigenvalue weighted by atomic mass is 10.0. The molecule has 6 nitrogen and oxygen atoms in total. The van der Waals surface area contributed by atoms with Crippen LogP contribution in [0.5, 0.6) is 5.75 Å². The molecule has 142 valence electrons. The summed E-state index contributed by atoms with van der Waals surface area (Å²) in [5.41, 5.74) is 0.592. The van der Waals surface area contributed by atoms with E-state index in [2.05, 4.69) is 12.2 Å². The molecule has 6 heteroatoms. The van der Waals surface area contributed by atoms with Gasteiger partial charge in [0.15, 0.2) is 0 Å². The first-order valence-corrected chi connectivity index (χ1v) is 8.76. The molecule has 1 aromatic rings. The lowest BCUT2D eigenvalue weighted by Crippen LogP contribution is -2.42. The molecule has 0 radical (unpaired) electrons. The molecule has 0 saturated heterocycles. The minimum atomic E-state index is -0.520. The monoisotopic (exact) mass is 352 g/mol. The van der Waals surface area contributed by atoms with E-state index in [1.54, 1.807) is 24.1 Å². The van der Waals surface area contributed by atoms with Gasteiger partial charge >= 0.3 is 6.09 Å². The second-order valence-corrected chi connectivity index (χ2v) is 6.97. The third-order valence-electron chi connectivity index (χ3n) is 3.69. The van der Waals surface area contributed by atoms with Crippen molar-refractivity contribution < 1.29 is 19.4 Å². The number of amides is 1. The molecule has 1 atom stereocenters. The third-order valence-corrected chi connectivity index (χ3v) is 3.69. The zero-order chi connectivity index (χ0) is 18.9. The lowest BCUT2D eigenvalue weighted by Gasteiger charge is -2.28. The maximum Gasteiger partial charge on any atom is 0.410 e. The molecule has 0 aliphatic rings. The van der Waals surface area contributed by atoms with E-state index < -0.39 is 5.60 Å². The molecule has 1 unspecified atom stereocenters. The summed E-state index contributed by atoms with van der Waals surface area (Å²) in [5.74, 6) is 0.259. The highest BCUT2D eigenvalue weighted by Crippen LogP contribution is 2.19. The topological polar surface area (TPSA) is 71.0 Å². The Kier molecular flexibility index (Phi) is 8.72. The first-order valence-electron chi connectivity index (χ1n) is 8.76. The van der Waals surface area contributed by atoms with Gasteiger partial charge in [0.2, 0.25) is 0 Å². The summed E-state index contributed by atoms with van der Waals surface area (Å²) in [6.07, 6.45) is 0.582. The molecule has 0 aliphatic carbocycles. The number of ether oxygens (including phenoxy) is 2. The number of carbonyl (C=O) groups excluding carboxylic acids is 1. The maximum absolute atomic E-state index is 12.3. The van der Waals surface area contributed by atoms with Gasteiger partial charge in [-0.2, -0.15) is 0 Å². The summed E-state index contributed by atoms with van der Waals surface area (Å²) in [5, 5.41) is 12.9. The van der Waals surface area contributed by atoms with E-state index >= 15 is 0 Å². The van der Waals surface area contributed by atoms with Gasteiger partial charge in [-0.3, -0.25) is 0 Å². The van der Waals surface area contributed by atoms with Crippen LogP contribution in [0, 0.1) is 0 Å². The van der Waals surface area contributed by atoms with Crippen molar-refractivity contribution in [2.75, 3.05) is 33.4 Å². The van der Waals surface area contributed by atoms with Gasteiger partial charge in [-0.25, -0.2) is 4.79 Å². The average Bonchev–Trinajstić information content (AvgIpc) is 2.53. The average molecular weight is 352 g/mol. The Bertz CT molecular complexity index is 511. The molecule has 0 bridgehead atoms. The maximum atomic E-state index is 12.3. The minimum absolute atomic E-state index is 0.170. The second-order valence-electron chi connectivity index (χ2n) is 6.97. The van der Waals surface area contributed by atoms with E-state index in [9.17, 15) is 9.90 Å². The number of methoxy groups -OCH3 is 1. The molecule has 0 aromatic heterocycles. The van der Waals surface area contributed by atoms with Gasteiger partial charge in [0.1, 0.15) is 11.4 Å². The number of rotatable bonds is 9. The minimum Gasteiger partial charge on any atom is -0.508 e. The number of carbonyl (C=O) groups is 1. The SMILES string of the molecule is CCC(NCCN(CCOC)C(=O)OC(C)(C)C)c1ccc(O)cc1. The van der Waals surface area contributed by atoms with Crippen LogP contribution < -0.4 is 5.32 Å². The third kappa shape index (κ3) is 8.23. The van der Waals surface area contributed by atoms with E-state index in [1.807, 2.05) is 32.9 Å². The van der Waals surface area contributed by atoms with Gasteiger partial charge in [0.25, 0.3) is 0 Å². The van der Waals surface area contributed by atoms with Crippen molar-refractivity contribution in [3.8, 4) is 5.75 Å². The fraction of sp³-hybridized carbons (Fsp3) is 0.632. The summed E-state index contributed by atoms with van der Waals surface area (Å²) in [6.45, 7) is 9.80.